The van der Waals surface area contributed by atoms with Gasteiger partial charge in [-0.05, 0) is 109 Å². The first-order valence-corrected chi connectivity index (χ1v) is 15.9. The number of thiazole rings is 1. The molecule has 1 heterocycles. The fourth-order valence-electron chi connectivity index (χ4n) is 5.29. The monoisotopic (exact) mass is 571 g/mol. The quantitative estimate of drug-likeness (QED) is 0.137. The van der Waals surface area contributed by atoms with E-state index < -0.39 is 5.60 Å². The van der Waals surface area contributed by atoms with Crippen LogP contribution in [-0.4, -0.2) is 34.7 Å². The van der Waals surface area contributed by atoms with Gasteiger partial charge in [0.25, 0.3) is 0 Å². The highest BCUT2D eigenvalue weighted by molar-refractivity contribution is 7.99. The number of carbonyl (C=O) groups excluding carboxylic acids is 1. The smallest absolute Gasteiger partial charge is 0.306 e. The van der Waals surface area contributed by atoms with Gasteiger partial charge < -0.3 is 9.84 Å². The molecular formula is C34H37NO3S2. The Balaban J connectivity index is 1.29. The van der Waals surface area contributed by atoms with Crippen LogP contribution < -0.4 is 0 Å². The molecule has 0 aliphatic heterocycles. The minimum atomic E-state index is -0.968. The maximum atomic E-state index is 11.7. The Morgan fingerprint density at radius 2 is 1.90 bits per heavy atom. The molecule has 0 unspecified atom stereocenters. The van der Waals surface area contributed by atoms with Gasteiger partial charge in [0, 0.05) is 0 Å². The Bertz CT molecular complexity index is 1480. The third-order valence-electron chi connectivity index (χ3n) is 7.54. The number of rotatable bonds is 12. The summed E-state index contributed by atoms with van der Waals surface area (Å²) in [6.45, 7) is 3.76. The Morgan fingerprint density at radius 3 is 2.65 bits per heavy atom. The van der Waals surface area contributed by atoms with Crippen molar-refractivity contribution in [2.24, 2.45) is 5.41 Å². The first-order chi connectivity index (χ1) is 19.3. The van der Waals surface area contributed by atoms with E-state index >= 15 is 0 Å². The normalized spacial score (nSPS) is 14.6. The fraction of sp³-hybridized carbons (Fsp3) is 0.353. The molecule has 3 aromatic carbocycles. The SMILES string of the molecule is COC(=O)CC1(CSCCCc2cccc(-c3cccc(C=Cc4nc5ccccc5s4)c3)c2C(C)(C)O)CC1. The maximum Gasteiger partial charge on any atom is 0.306 e. The topological polar surface area (TPSA) is 59.4 Å². The molecule has 1 aromatic heterocycles. The zero-order valence-electron chi connectivity index (χ0n) is 23.5. The van der Waals surface area contributed by atoms with Crippen LogP contribution in [0.25, 0.3) is 33.5 Å². The van der Waals surface area contributed by atoms with E-state index in [1.54, 1.807) is 11.3 Å². The number of para-hydroxylation sites is 1. The summed E-state index contributed by atoms with van der Waals surface area (Å²) in [6, 6.07) is 23.1. The molecule has 0 atom stereocenters. The minimum absolute atomic E-state index is 0.0963. The number of thioether (sulfide) groups is 1. The summed E-state index contributed by atoms with van der Waals surface area (Å²) in [6.07, 6.45) is 8.89. The number of nitrogens with zero attached hydrogens (tertiary/aromatic N) is 1. The highest BCUT2D eigenvalue weighted by Crippen LogP contribution is 2.51. The summed E-state index contributed by atoms with van der Waals surface area (Å²) in [7, 11) is 1.47. The highest BCUT2D eigenvalue weighted by Gasteiger charge is 2.44. The molecule has 4 aromatic rings. The van der Waals surface area contributed by atoms with E-state index in [1.165, 1.54) is 17.4 Å². The number of hydrogen-bond acceptors (Lipinski definition) is 6. The maximum absolute atomic E-state index is 11.7. The number of methoxy groups -OCH3 is 1. The first-order valence-electron chi connectivity index (χ1n) is 13.9. The van der Waals surface area contributed by atoms with Gasteiger partial charge >= 0.3 is 5.97 Å². The Kier molecular flexibility index (Phi) is 8.79. The molecule has 5 rings (SSSR count). The number of carbonyl (C=O) groups is 1. The van der Waals surface area contributed by atoms with Crippen LogP contribution in [0.2, 0.25) is 0 Å². The van der Waals surface area contributed by atoms with Crippen molar-refractivity contribution in [2.75, 3.05) is 18.6 Å². The van der Waals surface area contributed by atoms with Gasteiger partial charge in [-0.25, -0.2) is 4.98 Å². The zero-order chi connectivity index (χ0) is 28.2. The van der Waals surface area contributed by atoms with Crippen molar-refractivity contribution in [3.8, 4) is 11.1 Å². The van der Waals surface area contributed by atoms with Crippen molar-refractivity contribution in [1.82, 2.24) is 4.98 Å². The standard InChI is InChI=1S/C34H37NO3S2/c1-33(2,37)32-25(12-8-20-39-23-34(18-19-34)22-31(36)38-3)10-7-13-27(32)26-11-6-9-24(21-26)16-17-30-35-28-14-4-5-15-29(28)40-30/h4-7,9-11,13-17,21,37H,8,12,18-20,22-23H2,1-3H3. The van der Waals surface area contributed by atoms with Gasteiger partial charge in [-0.1, -0.05) is 54.6 Å². The van der Waals surface area contributed by atoms with Crippen LogP contribution in [0, 0.1) is 5.41 Å². The zero-order valence-corrected chi connectivity index (χ0v) is 25.1. The molecule has 1 aliphatic rings. The molecule has 6 heteroatoms. The van der Waals surface area contributed by atoms with Gasteiger partial charge in [0.15, 0.2) is 0 Å². The second-order valence-electron chi connectivity index (χ2n) is 11.3. The lowest BCUT2D eigenvalue weighted by Crippen LogP contribution is -2.19. The third kappa shape index (κ3) is 7.03. The van der Waals surface area contributed by atoms with Gasteiger partial charge in [-0.2, -0.15) is 11.8 Å². The average molecular weight is 572 g/mol. The van der Waals surface area contributed by atoms with E-state index in [1.807, 2.05) is 43.8 Å². The predicted octanol–water partition coefficient (Wildman–Crippen LogP) is 8.37. The van der Waals surface area contributed by atoms with Gasteiger partial charge in [0.1, 0.15) is 5.01 Å². The molecule has 40 heavy (non-hydrogen) atoms. The van der Waals surface area contributed by atoms with Crippen LogP contribution in [0.4, 0.5) is 0 Å². The van der Waals surface area contributed by atoms with Crippen molar-refractivity contribution in [1.29, 1.82) is 0 Å². The van der Waals surface area contributed by atoms with Crippen LogP contribution in [0.5, 0.6) is 0 Å². The van der Waals surface area contributed by atoms with Crippen LogP contribution in [0.1, 0.15) is 61.2 Å². The van der Waals surface area contributed by atoms with Crippen molar-refractivity contribution in [3.05, 3.63) is 88.4 Å². The van der Waals surface area contributed by atoms with Crippen LogP contribution >= 0.6 is 23.1 Å². The van der Waals surface area contributed by atoms with E-state index in [2.05, 4.69) is 60.7 Å². The molecule has 0 saturated heterocycles. The van der Waals surface area contributed by atoms with E-state index in [9.17, 15) is 9.90 Å². The van der Waals surface area contributed by atoms with Gasteiger partial charge in [-0.15, -0.1) is 11.3 Å². The highest BCUT2D eigenvalue weighted by atomic mass is 32.2. The lowest BCUT2D eigenvalue weighted by molar-refractivity contribution is -0.141. The molecule has 1 N–H and O–H groups in total. The number of fused-ring (bicyclic) bond motifs is 1. The number of esters is 1. The van der Waals surface area contributed by atoms with E-state index in [0.717, 1.165) is 70.0 Å². The van der Waals surface area contributed by atoms with Gasteiger partial charge in [-0.3, -0.25) is 4.79 Å². The number of benzene rings is 3. The van der Waals surface area contributed by atoms with Crippen molar-refractivity contribution in [2.45, 2.75) is 51.6 Å². The second-order valence-corrected chi connectivity index (χ2v) is 13.5. The summed E-state index contributed by atoms with van der Waals surface area (Å²) in [4.78, 5) is 16.4. The summed E-state index contributed by atoms with van der Waals surface area (Å²) >= 11 is 3.62. The van der Waals surface area contributed by atoms with E-state index in [-0.39, 0.29) is 11.4 Å². The Hall–Kier alpha value is -2.93. The van der Waals surface area contributed by atoms with Crippen molar-refractivity contribution >= 4 is 51.4 Å². The van der Waals surface area contributed by atoms with E-state index in [4.69, 9.17) is 9.72 Å². The summed E-state index contributed by atoms with van der Waals surface area (Å²) in [5.41, 5.74) is 5.67. The molecule has 1 aliphatic carbocycles. The van der Waals surface area contributed by atoms with Gasteiger partial charge in [0.05, 0.1) is 29.3 Å². The molecule has 1 saturated carbocycles. The fourth-order valence-corrected chi connectivity index (χ4v) is 7.48. The number of aryl methyl sites for hydroxylation is 1. The minimum Gasteiger partial charge on any atom is -0.469 e. The molecule has 1 fully saturated rings. The van der Waals surface area contributed by atoms with E-state index in [0.29, 0.717) is 6.42 Å². The van der Waals surface area contributed by atoms with Gasteiger partial charge in [0.2, 0.25) is 0 Å². The largest absolute Gasteiger partial charge is 0.469 e. The molecular weight excluding hydrogens is 535 g/mol. The molecule has 0 bridgehead atoms. The molecule has 0 radical (unpaired) electrons. The van der Waals surface area contributed by atoms with Crippen LogP contribution in [0.15, 0.2) is 66.7 Å². The summed E-state index contributed by atoms with van der Waals surface area (Å²) < 4.78 is 6.07. The summed E-state index contributed by atoms with van der Waals surface area (Å²) in [5, 5.41) is 12.2. The first kappa shape index (κ1) is 28.6. The van der Waals surface area contributed by atoms with Crippen molar-refractivity contribution < 1.29 is 14.6 Å². The number of ether oxygens (including phenoxy) is 1. The third-order valence-corrected chi connectivity index (χ3v) is 9.93. The Labute approximate surface area is 245 Å². The number of aromatic nitrogens is 1. The number of hydrogen-bond donors (Lipinski definition) is 1. The second kappa shape index (κ2) is 12.3. The summed E-state index contributed by atoms with van der Waals surface area (Å²) in [5.74, 6) is 1.95. The molecule has 0 amide bonds. The van der Waals surface area contributed by atoms with Crippen LogP contribution in [-0.2, 0) is 21.6 Å². The lowest BCUT2D eigenvalue weighted by Gasteiger charge is -2.26. The average Bonchev–Trinajstić information content (AvgIpc) is 3.57. The molecule has 4 nitrogen and oxygen atoms in total. The number of aliphatic hydroxyl groups is 1. The van der Waals surface area contributed by atoms with Crippen LogP contribution in [0.3, 0.4) is 0 Å². The Morgan fingerprint density at radius 1 is 1.10 bits per heavy atom. The molecule has 208 valence electrons. The molecule has 0 spiro atoms. The lowest BCUT2D eigenvalue weighted by atomic mass is 9.84. The predicted molar refractivity (Wildman–Crippen MR) is 170 cm³/mol. The van der Waals surface area contributed by atoms with Crippen molar-refractivity contribution in [3.63, 3.8) is 0 Å².